The van der Waals surface area contributed by atoms with Gasteiger partial charge in [0.25, 0.3) is 0 Å². The molecule has 1 aliphatic rings. The molecule has 0 radical (unpaired) electrons. The molecule has 0 amide bonds. The molecule has 0 spiro atoms. The molecule has 1 heterocycles. The Bertz CT molecular complexity index is 869. The molecule has 29 heavy (non-hydrogen) atoms. The second-order valence-electron chi connectivity index (χ2n) is 8.06. The number of hydrogen-bond acceptors (Lipinski definition) is 2. The van der Waals surface area contributed by atoms with Crippen LogP contribution in [0.2, 0.25) is 0 Å². The summed E-state index contributed by atoms with van der Waals surface area (Å²) < 4.78 is 17.8. The van der Waals surface area contributed by atoms with Crippen molar-refractivity contribution in [2.24, 2.45) is 0 Å². The summed E-state index contributed by atoms with van der Waals surface area (Å²) in [4.78, 5) is 0. The fourth-order valence-electron chi connectivity index (χ4n) is 4.45. The SMILES string of the molecule is C/[C](=C/[C@H]1COC(C)(C)O1)[Sn]([c]1ccccc1)([c]1ccccc1)[c]1ccccc1. The van der Waals surface area contributed by atoms with Gasteiger partial charge >= 0.3 is 179 Å². The molecular weight excluding hydrogens is 463 g/mol. The zero-order valence-electron chi connectivity index (χ0n) is 17.3. The van der Waals surface area contributed by atoms with Gasteiger partial charge in [-0.05, 0) is 0 Å². The van der Waals surface area contributed by atoms with Gasteiger partial charge in [0.15, 0.2) is 0 Å². The number of ether oxygens (including phenoxy) is 2. The van der Waals surface area contributed by atoms with Crippen LogP contribution in [-0.2, 0) is 9.47 Å². The van der Waals surface area contributed by atoms with Crippen LogP contribution in [0.1, 0.15) is 20.8 Å². The Morgan fingerprint density at radius 3 is 1.55 bits per heavy atom. The maximum absolute atomic E-state index is 6.16. The standard InChI is InChI=1S/C8H13O2.3C6H5.Sn/c1-4-5-7-6-9-8(2,3)10-7;3*1-2-4-6-5-3-1;/h5,7H,6H2,1-3H3;3*1-5H;/t7-;;;;/m0..../s1. The van der Waals surface area contributed by atoms with E-state index < -0.39 is 24.2 Å². The van der Waals surface area contributed by atoms with Gasteiger partial charge in [-0.25, -0.2) is 0 Å². The molecule has 2 nitrogen and oxygen atoms in total. The van der Waals surface area contributed by atoms with Crippen LogP contribution in [0, 0.1) is 0 Å². The molecule has 1 atom stereocenters. The van der Waals surface area contributed by atoms with Crippen molar-refractivity contribution in [1.82, 2.24) is 0 Å². The molecule has 3 heteroatoms. The molecule has 0 aliphatic carbocycles. The van der Waals surface area contributed by atoms with Crippen molar-refractivity contribution in [2.45, 2.75) is 32.7 Å². The summed E-state index contributed by atoms with van der Waals surface area (Å²) in [7, 11) is 0. The van der Waals surface area contributed by atoms with Crippen LogP contribution >= 0.6 is 0 Å². The summed E-state index contributed by atoms with van der Waals surface area (Å²) in [6, 6.07) is 33.2. The number of rotatable bonds is 5. The molecule has 0 N–H and O–H groups in total. The van der Waals surface area contributed by atoms with Gasteiger partial charge in [0.05, 0.1) is 0 Å². The topological polar surface area (TPSA) is 18.5 Å². The summed E-state index contributed by atoms with van der Waals surface area (Å²) in [6.45, 7) is 6.87. The molecule has 148 valence electrons. The van der Waals surface area contributed by atoms with E-state index >= 15 is 0 Å². The predicted molar refractivity (Wildman–Crippen MR) is 123 cm³/mol. The van der Waals surface area contributed by atoms with Gasteiger partial charge < -0.3 is 0 Å². The van der Waals surface area contributed by atoms with Gasteiger partial charge in [0.2, 0.25) is 0 Å². The van der Waals surface area contributed by atoms with E-state index in [1.54, 1.807) is 0 Å². The number of allylic oxidation sites excluding steroid dienone is 1. The monoisotopic (exact) mass is 492 g/mol. The normalized spacial score (nSPS) is 19.3. The van der Waals surface area contributed by atoms with E-state index in [9.17, 15) is 0 Å². The Labute approximate surface area is 178 Å². The molecule has 3 aromatic rings. The maximum atomic E-state index is 6.16. The molecular formula is C26H28O2Sn. The van der Waals surface area contributed by atoms with Gasteiger partial charge in [-0.2, -0.15) is 0 Å². The summed E-state index contributed by atoms with van der Waals surface area (Å²) in [5.74, 6) is -0.522. The quantitative estimate of drug-likeness (QED) is 0.506. The molecule has 0 saturated carbocycles. The Morgan fingerprint density at radius 2 is 1.21 bits per heavy atom. The van der Waals surface area contributed by atoms with Crippen molar-refractivity contribution in [1.29, 1.82) is 0 Å². The average Bonchev–Trinajstić information content (AvgIpc) is 3.09. The van der Waals surface area contributed by atoms with Crippen molar-refractivity contribution >= 4 is 29.1 Å². The molecule has 1 fully saturated rings. The second-order valence-corrected chi connectivity index (χ2v) is 19.5. The van der Waals surface area contributed by atoms with Crippen LogP contribution in [0.5, 0.6) is 0 Å². The first-order chi connectivity index (χ1) is 14.0. The number of hydrogen-bond donors (Lipinski definition) is 0. The van der Waals surface area contributed by atoms with E-state index in [-0.39, 0.29) is 6.10 Å². The van der Waals surface area contributed by atoms with Gasteiger partial charge in [-0.3, -0.25) is 0 Å². The fraction of sp³-hybridized carbons (Fsp3) is 0.231. The predicted octanol–water partition coefficient (Wildman–Crippen LogP) is 3.79. The van der Waals surface area contributed by atoms with Gasteiger partial charge in [0.1, 0.15) is 0 Å². The third kappa shape index (κ3) is 4.07. The molecule has 1 saturated heterocycles. The first kappa shape index (κ1) is 20.4. The van der Waals surface area contributed by atoms with E-state index in [1.807, 2.05) is 13.8 Å². The summed E-state index contributed by atoms with van der Waals surface area (Å²) in [5, 5.41) is 0. The van der Waals surface area contributed by atoms with Crippen LogP contribution in [0.3, 0.4) is 0 Å². The molecule has 4 rings (SSSR count). The van der Waals surface area contributed by atoms with Crippen LogP contribution in [-0.4, -0.2) is 36.9 Å². The molecule has 0 aromatic heterocycles. The molecule has 1 aliphatic heterocycles. The molecule has 0 unspecified atom stereocenters. The van der Waals surface area contributed by atoms with E-state index in [2.05, 4.69) is 104 Å². The molecule has 3 aromatic carbocycles. The van der Waals surface area contributed by atoms with Gasteiger partial charge in [-0.15, -0.1) is 0 Å². The Hall–Kier alpha value is -1.88. The van der Waals surface area contributed by atoms with Gasteiger partial charge in [-0.1, -0.05) is 0 Å². The fourth-order valence-corrected chi connectivity index (χ4v) is 18.4. The third-order valence-corrected chi connectivity index (χ3v) is 19.8. The summed E-state index contributed by atoms with van der Waals surface area (Å²) in [5.41, 5.74) is 0. The minimum atomic E-state index is -3.45. The van der Waals surface area contributed by atoms with E-state index in [0.717, 1.165) is 0 Å². The van der Waals surface area contributed by atoms with Gasteiger partial charge in [0, 0.05) is 0 Å². The van der Waals surface area contributed by atoms with Crippen LogP contribution in [0.4, 0.5) is 0 Å². The Morgan fingerprint density at radius 1 is 0.793 bits per heavy atom. The summed E-state index contributed by atoms with van der Waals surface area (Å²) in [6.07, 6.45) is 2.31. The third-order valence-electron chi connectivity index (χ3n) is 5.68. The molecule has 0 bridgehead atoms. The zero-order valence-corrected chi connectivity index (χ0v) is 20.2. The van der Waals surface area contributed by atoms with E-state index in [1.165, 1.54) is 14.3 Å². The average molecular weight is 491 g/mol. The van der Waals surface area contributed by atoms with Crippen LogP contribution < -0.4 is 10.7 Å². The van der Waals surface area contributed by atoms with E-state index in [4.69, 9.17) is 9.47 Å². The van der Waals surface area contributed by atoms with Crippen LogP contribution in [0.15, 0.2) is 101 Å². The van der Waals surface area contributed by atoms with Crippen LogP contribution in [0.25, 0.3) is 0 Å². The van der Waals surface area contributed by atoms with Crippen molar-refractivity contribution in [2.75, 3.05) is 6.61 Å². The number of benzene rings is 3. The first-order valence-electron chi connectivity index (χ1n) is 10.2. The Balaban J connectivity index is 1.95. The first-order valence-corrected chi connectivity index (χ1v) is 15.9. The minimum absolute atomic E-state index is 0.0165. The summed E-state index contributed by atoms with van der Waals surface area (Å²) >= 11 is -3.45. The van der Waals surface area contributed by atoms with Crippen molar-refractivity contribution in [3.05, 3.63) is 101 Å². The Kier molecular flexibility index (Phi) is 5.95. The van der Waals surface area contributed by atoms with Crippen molar-refractivity contribution in [3.8, 4) is 0 Å². The van der Waals surface area contributed by atoms with Crippen molar-refractivity contribution in [3.63, 3.8) is 0 Å². The van der Waals surface area contributed by atoms with Crippen molar-refractivity contribution < 1.29 is 9.47 Å². The van der Waals surface area contributed by atoms with E-state index in [0.29, 0.717) is 6.61 Å². The second kappa shape index (κ2) is 8.47. The zero-order chi connectivity index (χ0) is 20.3.